The highest BCUT2D eigenvalue weighted by Crippen LogP contribution is 2.26. The van der Waals surface area contributed by atoms with Crippen molar-refractivity contribution in [1.82, 2.24) is 5.32 Å². The van der Waals surface area contributed by atoms with Gasteiger partial charge in [-0.05, 0) is 25.0 Å². The van der Waals surface area contributed by atoms with Crippen LogP contribution < -0.4 is 10.1 Å². The molecule has 1 aliphatic carbocycles. The van der Waals surface area contributed by atoms with Gasteiger partial charge in [0.05, 0.1) is 5.60 Å². The first-order chi connectivity index (χ1) is 9.68. The molecule has 110 valence electrons. The van der Waals surface area contributed by atoms with E-state index in [1.54, 1.807) is 0 Å². The number of hydrogen-bond acceptors (Lipinski definition) is 3. The Balaban J connectivity index is 1.71. The van der Waals surface area contributed by atoms with Gasteiger partial charge in [0.15, 0.2) is 6.61 Å². The summed E-state index contributed by atoms with van der Waals surface area (Å²) in [5, 5.41) is 13.2. The van der Waals surface area contributed by atoms with Gasteiger partial charge in [0.1, 0.15) is 5.75 Å². The van der Waals surface area contributed by atoms with E-state index in [-0.39, 0.29) is 12.5 Å². The van der Waals surface area contributed by atoms with Crippen molar-refractivity contribution in [2.45, 2.75) is 44.1 Å². The third kappa shape index (κ3) is 4.85. The molecule has 4 nitrogen and oxygen atoms in total. The van der Waals surface area contributed by atoms with Crippen LogP contribution in [0.5, 0.6) is 5.75 Å². The van der Waals surface area contributed by atoms with Crippen LogP contribution >= 0.6 is 0 Å². The Hall–Kier alpha value is -1.55. The first-order valence-corrected chi connectivity index (χ1v) is 7.35. The molecule has 0 atom stereocenters. The highest BCUT2D eigenvalue weighted by Gasteiger charge is 2.28. The minimum atomic E-state index is -0.737. The largest absolute Gasteiger partial charge is 0.484 e. The van der Waals surface area contributed by atoms with Gasteiger partial charge < -0.3 is 15.2 Å². The molecule has 4 heteroatoms. The maximum absolute atomic E-state index is 11.7. The molecule has 0 saturated heterocycles. The molecule has 0 unspecified atom stereocenters. The Labute approximate surface area is 120 Å². The Bertz CT molecular complexity index is 411. The Morgan fingerprint density at radius 3 is 2.45 bits per heavy atom. The first kappa shape index (κ1) is 14.9. The molecule has 20 heavy (non-hydrogen) atoms. The van der Waals surface area contributed by atoms with Crippen molar-refractivity contribution in [2.24, 2.45) is 0 Å². The van der Waals surface area contributed by atoms with Crippen LogP contribution in [0.15, 0.2) is 30.3 Å². The van der Waals surface area contributed by atoms with Crippen molar-refractivity contribution in [2.75, 3.05) is 13.2 Å². The van der Waals surface area contributed by atoms with Crippen LogP contribution in [0.4, 0.5) is 0 Å². The molecule has 1 aliphatic rings. The third-order valence-electron chi connectivity index (χ3n) is 3.76. The van der Waals surface area contributed by atoms with Crippen LogP contribution in [0.3, 0.4) is 0 Å². The monoisotopic (exact) mass is 277 g/mol. The minimum Gasteiger partial charge on any atom is -0.484 e. The van der Waals surface area contributed by atoms with Crippen molar-refractivity contribution >= 4 is 5.91 Å². The summed E-state index contributed by atoms with van der Waals surface area (Å²) in [6.45, 7) is 0.310. The van der Waals surface area contributed by atoms with Crippen LogP contribution in [0.25, 0.3) is 0 Å². The number of para-hydroxylation sites is 1. The SMILES string of the molecule is O=C(COc1ccccc1)NCC1(O)CCCCCC1. The molecular formula is C16H23NO3. The van der Waals surface area contributed by atoms with Gasteiger partial charge in [-0.15, -0.1) is 0 Å². The number of rotatable bonds is 5. The first-order valence-electron chi connectivity index (χ1n) is 7.35. The Kier molecular flexibility index (Phi) is 5.41. The second-order valence-electron chi connectivity index (χ2n) is 5.52. The van der Waals surface area contributed by atoms with E-state index in [1.165, 1.54) is 12.8 Å². The number of benzene rings is 1. The van der Waals surface area contributed by atoms with Crippen LogP contribution in [0.1, 0.15) is 38.5 Å². The van der Waals surface area contributed by atoms with Crippen molar-refractivity contribution in [1.29, 1.82) is 0 Å². The van der Waals surface area contributed by atoms with E-state index in [2.05, 4.69) is 5.32 Å². The molecule has 0 radical (unpaired) electrons. The molecule has 1 fully saturated rings. The van der Waals surface area contributed by atoms with Crippen LogP contribution in [-0.2, 0) is 4.79 Å². The average Bonchev–Trinajstić information content (AvgIpc) is 2.69. The average molecular weight is 277 g/mol. The Morgan fingerprint density at radius 1 is 1.15 bits per heavy atom. The van der Waals surface area contributed by atoms with Crippen LogP contribution in [0.2, 0.25) is 0 Å². The van der Waals surface area contributed by atoms with Crippen LogP contribution in [-0.4, -0.2) is 29.8 Å². The molecule has 2 rings (SSSR count). The number of carbonyl (C=O) groups is 1. The van der Waals surface area contributed by atoms with Gasteiger partial charge in [-0.3, -0.25) is 4.79 Å². The zero-order valence-corrected chi connectivity index (χ0v) is 11.8. The van der Waals surface area contributed by atoms with E-state index in [4.69, 9.17) is 4.74 Å². The van der Waals surface area contributed by atoms with E-state index in [9.17, 15) is 9.90 Å². The topological polar surface area (TPSA) is 58.6 Å². The fraction of sp³-hybridized carbons (Fsp3) is 0.562. The van der Waals surface area contributed by atoms with E-state index >= 15 is 0 Å². The lowest BCUT2D eigenvalue weighted by atomic mass is 9.94. The predicted molar refractivity (Wildman–Crippen MR) is 77.6 cm³/mol. The minimum absolute atomic E-state index is 0.0138. The summed E-state index contributed by atoms with van der Waals surface area (Å²) in [5.74, 6) is 0.488. The van der Waals surface area contributed by atoms with Gasteiger partial charge in [-0.25, -0.2) is 0 Å². The van der Waals surface area contributed by atoms with Crippen molar-refractivity contribution < 1.29 is 14.6 Å². The third-order valence-corrected chi connectivity index (χ3v) is 3.76. The summed E-state index contributed by atoms with van der Waals surface area (Å²) < 4.78 is 5.37. The van der Waals surface area contributed by atoms with Crippen molar-refractivity contribution in [3.63, 3.8) is 0 Å². The number of carbonyl (C=O) groups excluding carboxylic acids is 1. The molecule has 0 bridgehead atoms. The van der Waals surface area contributed by atoms with Crippen LogP contribution in [0, 0.1) is 0 Å². The molecule has 0 aromatic heterocycles. The zero-order valence-electron chi connectivity index (χ0n) is 11.8. The normalized spacial score (nSPS) is 18.1. The lowest BCUT2D eigenvalue weighted by Gasteiger charge is -2.26. The molecule has 0 spiro atoms. The van der Waals surface area contributed by atoms with Gasteiger partial charge in [0, 0.05) is 6.54 Å². The number of ether oxygens (including phenoxy) is 1. The summed E-state index contributed by atoms with van der Waals surface area (Å²) in [6, 6.07) is 9.25. The maximum Gasteiger partial charge on any atom is 0.258 e. The molecular weight excluding hydrogens is 254 g/mol. The summed E-state index contributed by atoms with van der Waals surface area (Å²) >= 11 is 0. The lowest BCUT2D eigenvalue weighted by Crippen LogP contribution is -2.44. The van der Waals surface area contributed by atoms with Gasteiger partial charge in [0.2, 0.25) is 0 Å². The Morgan fingerprint density at radius 2 is 1.80 bits per heavy atom. The number of aliphatic hydroxyl groups is 1. The second kappa shape index (κ2) is 7.29. The van der Waals surface area contributed by atoms with E-state index in [1.807, 2.05) is 30.3 Å². The quantitative estimate of drug-likeness (QED) is 0.812. The van der Waals surface area contributed by atoms with Crippen molar-refractivity contribution in [3.05, 3.63) is 30.3 Å². The smallest absolute Gasteiger partial charge is 0.258 e. The standard InChI is InChI=1S/C16H23NO3/c18-15(12-20-14-8-4-3-5-9-14)17-13-16(19)10-6-1-2-7-11-16/h3-5,8-9,19H,1-2,6-7,10-13H2,(H,17,18). The predicted octanol–water partition coefficient (Wildman–Crippen LogP) is 2.27. The van der Waals surface area contributed by atoms with E-state index in [0.717, 1.165) is 25.7 Å². The molecule has 1 amide bonds. The van der Waals surface area contributed by atoms with Gasteiger partial charge in [0.25, 0.3) is 5.91 Å². The highest BCUT2D eigenvalue weighted by atomic mass is 16.5. The molecule has 1 saturated carbocycles. The van der Waals surface area contributed by atoms with Gasteiger partial charge in [-0.2, -0.15) is 0 Å². The number of nitrogens with one attached hydrogen (secondary N) is 1. The molecule has 1 aromatic carbocycles. The zero-order chi connectivity index (χ0) is 14.3. The van der Waals surface area contributed by atoms with E-state index < -0.39 is 5.60 Å². The van der Waals surface area contributed by atoms with E-state index in [0.29, 0.717) is 12.3 Å². The molecule has 0 heterocycles. The fourth-order valence-corrected chi connectivity index (χ4v) is 2.54. The van der Waals surface area contributed by atoms with Crippen molar-refractivity contribution in [3.8, 4) is 5.75 Å². The second-order valence-corrected chi connectivity index (χ2v) is 5.52. The molecule has 2 N–H and O–H groups in total. The summed E-state index contributed by atoms with van der Waals surface area (Å²) in [6.07, 6.45) is 5.96. The number of hydrogen-bond donors (Lipinski definition) is 2. The summed E-state index contributed by atoms with van der Waals surface area (Å²) in [7, 11) is 0. The lowest BCUT2D eigenvalue weighted by molar-refractivity contribution is -0.124. The summed E-state index contributed by atoms with van der Waals surface area (Å²) in [5.41, 5.74) is -0.737. The molecule has 0 aliphatic heterocycles. The van der Waals surface area contributed by atoms with Gasteiger partial charge >= 0.3 is 0 Å². The number of amides is 1. The fourth-order valence-electron chi connectivity index (χ4n) is 2.54. The summed E-state index contributed by atoms with van der Waals surface area (Å²) in [4.78, 5) is 11.7. The molecule has 1 aromatic rings. The maximum atomic E-state index is 11.7. The highest BCUT2D eigenvalue weighted by molar-refractivity contribution is 5.77. The van der Waals surface area contributed by atoms with Gasteiger partial charge in [-0.1, -0.05) is 43.9 Å².